The number of aryl methyl sites for hydroxylation is 1. The van der Waals surface area contributed by atoms with Gasteiger partial charge in [-0.2, -0.15) is 0 Å². The van der Waals surface area contributed by atoms with Gasteiger partial charge in [0.2, 0.25) is 5.91 Å². The summed E-state index contributed by atoms with van der Waals surface area (Å²) in [6.45, 7) is 4.01. The number of amides is 1. The van der Waals surface area contributed by atoms with Crippen LogP contribution in [-0.4, -0.2) is 28.0 Å². The number of carbonyl (C=O) groups is 1. The molecular formula is C18H19N3O2S. The van der Waals surface area contributed by atoms with Crippen molar-refractivity contribution in [2.45, 2.75) is 26.3 Å². The summed E-state index contributed by atoms with van der Waals surface area (Å²) in [4.78, 5) is 20.0. The minimum Gasteiger partial charge on any atom is -0.364 e. The van der Waals surface area contributed by atoms with E-state index in [4.69, 9.17) is 4.52 Å². The minimum absolute atomic E-state index is 0.00506. The molecule has 5 nitrogen and oxygen atoms in total. The third kappa shape index (κ3) is 3.38. The van der Waals surface area contributed by atoms with E-state index >= 15 is 0 Å². The molecule has 2 aromatic heterocycles. The van der Waals surface area contributed by atoms with Gasteiger partial charge in [0.1, 0.15) is 11.3 Å². The Morgan fingerprint density at radius 3 is 2.71 bits per heavy atom. The lowest BCUT2D eigenvalue weighted by atomic mass is 10.2. The van der Waals surface area contributed by atoms with E-state index in [9.17, 15) is 4.79 Å². The van der Waals surface area contributed by atoms with Gasteiger partial charge < -0.3 is 9.42 Å². The van der Waals surface area contributed by atoms with E-state index in [1.807, 2.05) is 51.2 Å². The van der Waals surface area contributed by atoms with Crippen molar-refractivity contribution in [2.75, 3.05) is 7.05 Å². The molecule has 0 saturated heterocycles. The summed E-state index contributed by atoms with van der Waals surface area (Å²) in [5, 5.41) is 4.78. The summed E-state index contributed by atoms with van der Waals surface area (Å²) in [7, 11) is 1.81. The van der Waals surface area contributed by atoms with Crippen molar-refractivity contribution in [3.8, 4) is 10.6 Å². The monoisotopic (exact) mass is 341 g/mol. The second-order valence-corrected chi connectivity index (χ2v) is 6.71. The number of aromatic nitrogens is 2. The van der Waals surface area contributed by atoms with Crippen molar-refractivity contribution in [3.05, 3.63) is 58.9 Å². The summed E-state index contributed by atoms with van der Waals surface area (Å²) in [6.07, 6.45) is 1.71. The van der Waals surface area contributed by atoms with Crippen molar-refractivity contribution in [1.29, 1.82) is 0 Å². The second kappa shape index (κ2) is 6.97. The van der Waals surface area contributed by atoms with Gasteiger partial charge in [0.15, 0.2) is 0 Å². The third-order valence-electron chi connectivity index (χ3n) is 4.03. The number of benzene rings is 1. The molecule has 1 aromatic carbocycles. The van der Waals surface area contributed by atoms with Gasteiger partial charge in [0, 0.05) is 18.7 Å². The Morgan fingerprint density at radius 2 is 2.04 bits per heavy atom. The van der Waals surface area contributed by atoms with E-state index in [-0.39, 0.29) is 18.4 Å². The van der Waals surface area contributed by atoms with Crippen molar-refractivity contribution in [2.24, 2.45) is 0 Å². The molecule has 2 heterocycles. The molecule has 0 fully saturated rings. The highest BCUT2D eigenvalue weighted by atomic mass is 32.1. The number of carbonyl (C=O) groups excluding carboxylic acids is 1. The van der Waals surface area contributed by atoms with Crippen LogP contribution < -0.4 is 0 Å². The number of thiazole rings is 1. The second-order valence-electron chi connectivity index (χ2n) is 5.68. The molecule has 3 rings (SSSR count). The molecule has 0 unspecified atom stereocenters. The molecule has 0 aliphatic heterocycles. The van der Waals surface area contributed by atoms with Crippen LogP contribution in [0.25, 0.3) is 10.6 Å². The van der Waals surface area contributed by atoms with Gasteiger partial charge in [-0.15, -0.1) is 11.3 Å². The summed E-state index contributed by atoms with van der Waals surface area (Å²) in [5.41, 5.74) is 2.71. The van der Waals surface area contributed by atoms with Crippen LogP contribution in [0, 0.1) is 6.92 Å². The Balaban J connectivity index is 1.78. The fourth-order valence-corrected chi connectivity index (χ4v) is 3.67. The predicted octanol–water partition coefficient (Wildman–Crippen LogP) is 3.87. The fourth-order valence-electron chi connectivity index (χ4n) is 2.50. The number of rotatable bonds is 5. The summed E-state index contributed by atoms with van der Waals surface area (Å²) < 4.78 is 4.78. The van der Waals surface area contributed by atoms with Crippen LogP contribution in [0.15, 0.2) is 47.2 Å². The van der Waals surface area contributed by atoms with E-state index < -0.39 is 0 Å². The fraction of sp³-hybridized carbons (Fsp3) is 0.278. The average Bonchev–Trinajstić information content (AvgIpc) is 3.24. The maximum absolute atomic E-state index is 12.4. The van der Waals surface area contributed by atoms with Crippen molar-refractivity contribution in [3.63, 3.8) is 0 Å². The van der Waals surface area contributed by atoms with Gasteiger partial charge >= 0.3 is 0 Å². The minimum atomic E-state index is -0.0423. The summed E-state index contributed by atoms with van der Waals surface area (Å²) >= 11 is 1.64. The zero-order valence-electron chi connectivity index (χ0n) is 13.9. The van der Waals surface area contributed by atoms with Crippen molar-refractivity contribution >= 4 is 17.2 Å². The third-order valence-corrected chi connectivity index (χ3v) is 5.41. The van der Waals surface area contributed by atoms with E-state index in [1.165, 1.54) is 6.26 Å². The topological polar surface area (TPSA) is 59.2 Å². The van der Waals surface area contributed by atoms with Gasteiger partial charge in [-0.3, -0.25) is 4.79 Å². The van der Waals surface area contributed by atoms with E-state index in [0.29, 0.717) is 5.69 Å². The molecular weight excluding hydrogens is 322 g/mol. The van der Waals surface area contributed by atoms with Crippen LogP contribution in [0.2, 0.25) is 0 Å². The molecule has 0 aliphatic carbocycles. The number of hydrogen-bond donors (Lipinski definition) is 0. The Kier molecular flexibility index (Phi) is 4.76. The SMILES string of the molecule is Cc1nc(-c2ccccc2)sc1[C@@H](C)N(C)C(=O)Cc1ccon1. The standard InChI is InChI=1S/C18H19N3O2S/c1-12-17(24-18(19-12)14-7-5-4-6-8-14)13(2)21(3)16(22)11-15-9-10-23-20-15/h4-10,13H,11H2,1-3H3/t13-/m1/s1. The molecule has 3 aromatic rings. The molecule has 0 N–H and O–H groups in total. The molecule has 6 heteroatoms. The predicted molar refractivity (Wildman–Crippen MR) is 93.7 cm³/mol. The Hall–Kier alpha value is -2.47. The maximum atomic E-state index is 12.4. The number of hydrogen-bond acceptors (Lipinski definition) is 5. The highest BCUT2D eigenvalue weighted by Gasteiger charge is 2.23. The van der Waals surface area contributed by atoms with Crippen LogP contribution in [0.4, 0.5) is 0 Å². The first-order valence-electron chi connectivity index (χ1n) is 7.74. The summed E-state index contributed by atoms with van der Waals surface area (Å²) in [5.74, 6) is 0.00506. The smallest absolute Gasteiger partial charge is 0.228 e. The lowest BCUT2D eigenvalue weighted by Crippen LogP contribution is -2.31. The lowest BCUT2D eigenvalue weighted by molar-refractivity contribution is -0.131. The average molecular weight is 341 g/mol. The Morgan fingerprint density at radius 1 is 1.29 bits per heavy atom. The van der Waals surface area contributed by atoms with Gasteiger partial charge in [-0.1, -0.05) is 35.5 Å². The molecule has 0 aliphatic rings. The Labute approximate surface area is 144 Å². The van der Waals surface area contributed by atoms with E-state index in [2.05, 4.69) is 10.1 Å². The highest BCUT2D eigenvalue weighted by Crippen LogP contribution is 2.33. The lowest BCUT2D eigenvalue weighted by Gasteiger charge is -2.24. The number of likely N-dealkylation sites (N-methyl/N-ethyl adjacent to an activating group) is 1. The molecule has 0 bridgehead atoms. The zero-order valence-corrected chi connectivity index (χ0v) is 14.7. The first-order valence-corrected chi connectivity index (χ1v) is 8.55. The van der Waals surface area contributed by atoms with Gasteiger partial charge in [0.25, 0.3) is 0 Å². The largest absolute Gasteiger partial charge is 0.364 e. The normalized spacial score (nSPS) is 12.1. The van der Waals surface area contributed by atoms with Crippen molar-refractivity contribution < 1.29 is 9.32 Å². The van der Waals surface area contributed by atoms with Gasteiger partial charge in [-0.05, 0) is 13.8 Å². The van der Waals surface area contributed by atoms with E-state index in [0.717, 1.165) is 21.1 Å². The Bertz CT molecular complexity index is 812. The molecule has 0 spiro atoms. The van der Waals surface area contributed by atoms with Crippen LogP contribution in [0.1, 0.15) is 29.2 Å². The first kappa shape index (κ1) is 16.4. The van der Waals surface area contributed by atoms with E-state index in [1.54, 1.807) is 22.3 Å². The molecule has 1 atom stereocenters. The van der Waals surface area contributed by atoms with Crippen LogP contribution >= 0.6 is 11.3 Å². The van der Waals surface area contributed by atoms with Crippen LogP contribution in [0.5, 0.6) is 0 Å². The molecule has 0 radical (unpaired) electrons. The molecule has 1 amide bonds. The zero-order chi connectivity index (χ0) is 17.1. The van der Waals surface area contributed by atoms with Crippen LogP contribution in [-0.2, 0) is 11.2 Å². The van der Waals surface area contributed by atoms with Gasteiger partial charge in [-0.25, -0.2) is 4.98 Å². The molecule has 24 heavy (non-hydrogen) atoms. The van der Waals surface area contributed by atoms with Crippen LogP contribution in [0.3, 0.4) is 0 Å². The molecule has 124 valence electrons. The quantitative estimate of drug-likeness (QED) is 0.707. The highest BCUT2D eigenvalue weighted by molar-refractivity contribution is 7.15. The maximum Gasteiger partial charge on any atom is 0.228 e. The molecule has 0 saturated carbocycles. The van der Waals surface area contributed by atoms with Gasteiger partial charge in [0.05, 0.1) is 28.7 Å². The summed E-state index contributed by atoms with van der Waals surface area (Å²) in [6, 6.07) is 11.8. The number of nitrogens with zero attached hydrogens (tertiary/aromatic N) is 3. The van der Waals surface area contributed by atoms with Crippen molar-refractivity contribution in [1.82, 2.24) is 15.0 Å². The first-order chi connectivity index (χ1) is 11.6.